The van der Waals surface area contributed by atoms with E-state index >= 15 is 0 Å². The number of ether oxygens (including phenoxy) is 1. The number of nitrogens with zero attached hydrogens (tertiary/aromatic N) is 1. The number of rotatable bonds is 0. The highest BCUT2D eigenvalue weighted by molar-refractivity contribution is 6.29. The van der Waals surface area contributed by atoms with Crippen LogP contribution in [0.5, 0.6) is 0 Å². The summed E-state index contributed by atoms with van der Waals surface area (Å²) >= 11 is 5.78. The summed E-state index contributed by atoms with van der Waals surface area (Å²) in [5, 5.41) is 3.59. The van der Waals surface area contributed by atoms with Gasteiger partial charge in [-0.05, 0) is 19.2 Å². The maximum Gasteiger partial charge on any atom is 0.339 e. The van der Waals surface area contributed by atoms with Crippen LogP contribution in [0.1, 0.15) is 28.8 Å². The number of carbonyl (C=O) groups excluding carboxylic acids is 1. The molecule has 1 fully saturated rings. The molecule has 1 spiro atoms. The predicted molar refractivity (Wildman–Crippen MR) is 58.4 cm³/mol. The third-order valence-electron chi connectivity index (χ3n) is 3.28. The first kappa shape index (κ1) is 10.1. The second-order valence-electron chi connectivity index (χ2n) is 4.19. The molecule has 0 radical (unpaired) electrons. The predicted octanol–water partition coefficient (Wildman–Crippen LogP) is 1.48. The van der Waals surface area contributed by atoms with Crippen LogP contribution < -0.4 is 5.32 Å². The Kier molecular flexibility index (Phi) is 2.16. The first-order chi connectivity index (χ1) is 7.71. The molecular weight excluding hydrogens is 228 g/mol. The van der Waals surface area contributed by atoms with Crippen LogP contribution in [-0.2, 0) is 10.3 Å². The van der Waals surface area contributed by atoms with Gasteiger partial charge in [-0.1, -0.05) is 11.6 Å². The second kappa shape index (κ2) is 3.43. The van der Waals surface area contributed by atoms with E-state index in [1.165, 1.54) is 0 Å². The van der Waals surface area contributed by atoms with Crippen molar-refractivity contribution in [1.29, 1.82) is 0 Å². The summed E-state index contributed by atoms with van der Waals surface area (Å²) in [5.41, 5.74) is 1.00. The fourth-order valence-electron chi connectivity index (χ4n) is 2.45. The average Bonchev–Trinajstić information content (AvgIpc) is 2.53. The van der Waals surface area contributed by atoms with E-state index in [0.29, 0.717) is 10.7 Å². The van der Waals surface area contributed by atoms with E-state index in [1.807, 2.05) is 0 Å². The fraction of sp³-hybridized carbons (Fsp3) is 0.455. The molecule has 5 heteroatoms. The molecule has 3 rings (SSSR count). The molecule has 0 saturated carbocycles. The molecule has 1 saturated heterocycles. The molecule has 0 unspecified atom stereocenters. The minimum atomic E-state index is -0.463. The molecule has 4 nitrogen and oxygen atoms in total. The number of fused-ring (bicyclic) bond motifs is 2. The molecule has 3 heterocycles. The third-order valence-corrected chi connectivity index (χ3v) is 3.49. The number of aromatic nitrogens is 1. The Morgan fingerprint density at radius 1 is 1.44 bits per heavy atom. The molecule has 0 aromatic carbocycles. The van der Waals surface area contributed by atoms with Crippen molar-refractivity contribution in [3.05, 3.63) is 28.5 Å². The van der Waals surface area contributed by atoms with Crippen molar-refractivity contribution in [2.75, 3.05) is 13.1 Å². The average molecular weight is 239 g/mol. The normalized spacial score (nSPS) is 21.9. The Morgan fingerprint density at radius 2 is 2.19 bits per heavy atom. The Bertz CT molecular complexity index is 455. The molecule has 1 aromatic rings. The van der Waals surface area contributed by atoms with Gasteiger partial charge in [0.1, 0.15) is 10.8 Å². The number of piperidine rings is 1. The van der Waals surface area contributed by atoms with Crippen LogP contribution in [0.2, 0.25) is 5.15 Å². The molecule has 2 aliphatic rings. The minimum absolute atomic E-state index is 0.277. The standard InChI is InChI=1S/C11H11ClN2O2/c12-9-5-7-8(6-14-9)11(16-10(7)15)1-3-13-4-2-11/h5-6,13H,1-4H2. The quantitative estimate of drug-likeness (QED) is 0.550. The monoisotopic (exact) mass is 238 g/mol. The van der Waals surface area contributed by atoms with Gasteiger partial charge in [0, 0.05) is 24.6 Å². The summed E-state index contributed by atoms with van der Waals surface area (Å²) < 4.78 is 5.54. The van der Waals surface area contributed by atoms with Gasteiger partial charge in [-0.3, -0.25) is 0 Å². The van der Waals surface area contributed by atoms with Gasteiger partial charge in [0.05, 0.1) is 5.56 Å². The Hall–Kier alpha value is -1.13. The molecular formula is C11H11ClN2O2. The van der Waals surface area contributed by atoms with Crippen molar-refractivity contribution in [2.45, 2.75) is 18.4 Å². The van der Waals surface area contributed by atoms with Crippen molar-refractivity contribution in [3.63, 3.8) is 0 Å². The van der Waals surface area contributed by atoms with Gasteiger partial charge in [-0.2, -0.15) is 0 Å². The van der Waals surface area contributed by atoms with Gasteiger partial charge in [-0.25, -0.2) is 9.78 Å². The number of esters is 1. The van der Waals surface area contributed by atoms with Crippen LogP contribution in [0.25, 0.3) is 0 Å². The Morgan fingerprint density at radius 3 is 2.94 bits per heavy atom. The number of hydrogen-bond acceptors (Lipinski definition) is 4. The van der Waals surface area contributed by atoms with Gasteiger partial charge in [0.15, 0.2) is 0 Å². The summed E-state index contributed by atoms with van der Waals surface area (Å²) in [6, 6.07) is 1.59. The van der Waals surface area contributed by atoms with E-state index < -0.39 is 5.60 Å². The highest BCUT2D eigenvalue weighted by atomic mass is 35.5. The van der Waals surface area contributed by atoms with Crippen LogP contribution in [-0.4, -0.2) is 24.0 Å². The molecule has 2 aliphatic heterocycles. The third kappa shape index (κ3) is 1.33. The Balaban J connectivity index is 2.11. The zero-order valence-electron chi connectivity index (χ0n) is 8.62. The number of nitrogens with one attached hydrogen (secondary N) is 1. The van der Waals surface area contributed by atoms with Gasteiger partial charge < -0.3 is 10.1 Å². The molecule has 1 aromatic heterocycles. The summed E-state index contributed by atoms with van der Waals surface area (Å²) in [6.07, 6.45) is 3.28. The lowest BCUT2D eigenvalue weighted by molar-refractivity contribution is -0.0242. The molecule has 84 valence electrons. The molecule has 0 aliphatic carbocycles. The number of hydrogen-bond donors (Lipinski definition) is 1. The largest absolute Gasteiger partial charge is 0.450 e. The van der Waals surface area contributed by atoms with Crippen molar-refractivity contribution >= 4 is 17.6 Å². The number of halogens is 1. The highest BCUT2D eigenvalue weighted by Gasteiger charge is 2.46. The lowest BCUT2D eigenvalue weighted by Crippen LogP contribution is -2.40. The molecule has 0 bridgehead atoms. The zero-order chi connectivity index (χ0) is 11.2. The Labute approximate surface area is 98.0 Å². The van der Waals surface area contributed by atoms with E-state index in [0.717, 1.165) is 31.5 Å². The lowest BCUT2D eigenvalue weighted by atomic mass is 9.85. The van der Waals surface area contributed by atoms with E-state index in [9.17, 15) is 4.79 Å². The molecule has 16 heavy (non-hydrogen) atoms. The molecule has 0 amide bonds. The maximum absolute atomic E-state index is 11.8. The number of carbonyl (C=O) groups is 1. The van der Waals surface area contributed by atoms with Crippen molar-refractivity contribution in [3.8, 4) is 0 Å². The molecule has 1 N–H and O–H groups in total. The van der Waals surface area contributed by atoms with Gasteiger partial charge in [0.25, 0.3) is 0 Å². The van der Waals surface area contributed by atoms with Crippen LogP contribution in [0.15, 0.2) is 12.3 Å². The van der Waals surface area contributed by atoms with Crippen molar-refractivity contribution in [1.82, 2.24) is 10.3 Å². The first-order valence-electron chi connectivity index (χ1n) is 5.31. The highest BCUT2D eigenvalue weighted by Crippen LogP contribution is 2.42. The van der Waals surface area contributed by atoms with E-state index in [4.69, 9.17) is 16.3 Å². The van der Waals surface area contributed by atoms with E-state index in [1.54, 1.807) is 12.3 Å². The SMILES string of the molecule is O=C1OC2(CCNCC2)c2cnc(Cl)cc21. The number of pyridine rings is 1. The van der Waals surface area contributed by atoms with E-state index in [-0.39, 0.29) is 5.97 Å². The van der Waals surface area contributed by atoms with Crippen LogP contribution in [0, 0.1) is 0 Å². The zero-order valence-corrected chi connectivity index (χ0v) is 9.38. The van der Waals surface area contributed by atoms with Crippen LogP contribution >= 0.6 is 11.6 Å². The van der Waals surface area contributed by atoms with Crippen LogP contribution in [0.4, 0.5) is 0 Å². The topological polar surface area (TPSA) is 51.2 Å². The van der Waals surface area contributed by atoms with Crippen molar-refractivity contribution in [2.24, 2.45) is 0 Å². The molecule has 0 atom stereocenters. The lowest BCUT2D eigenvalue weighted by Gasteiger charge is -2.32. The van der Waals surface area contributed by atoms with Crippen molar-refractivity contribution < 1.29 is 9.53 Å². The summed E-state index contributed by atoms with van der Waals surface area (Å²) in [6.45, 7) is 1.71. The van der Waals surface area contributed by atoms with Gasteiger partial charge in [0.2, 0.25) is 0 Å². The minimum Gasteiger partial charge on any atom is -0.450 e. The second-order valence-corrected chi connectivity index (χ2v) is 4.57. The maximum atomic E-state index is 11.8. The van der Waals surface area contributed by atoms with Crippen LogP contribution in [0.3, 0.4) is 0 Å². The fourth-order valence-corrected chi connectivity index (χ4v) is 2.61. The summed E-state index contributed by atoms with van der Waals surface area (Å²) in [5.74, 6) is -0.277. The van der Waals surface area contributed by atoms with E-state index in [2.05, 4.69) is 10.3 Å². The summed E-state index contributed by atoms with van der Waals surface area (Å²) in [7, 11) is 0. The van der Waals surface area contributed by atoms with Gasteiger partial charge in [-0.15, -0.1) is 0 Å². The van der Waals surface area contributed by atoms with Gasteiger partial charge >= 0.3 is 5.97 Å². The summed E-state index contributed by atoms with van der Waals surface area (Å²) in [4.78, 5) is 15.8. The first-order valence-corrected chi connectivity index (χ1v) is 5.69. The smallest absolute Gasteiger partial charge is 0.339 e.